The monoisotopic (exact) mass is 334 g/mol. The van der Waals surface area contributed by atoms with Gasteiger partial charge in [0.15, 0.2) is 0 Å². The van der Waals surface area contributed by atoms with Crippen LogP contribution in [-0.2, 0) is 9.59 Å². The summed E-state index contributed by atoms with van der Waals surface area (Å²) < 4.78 is 0. The van der Waals surface area contributed by atoms with Gasteiger partial charge in [0.05, 0.1) is 0 Å². The normalized spacial score (nSPS) is 14.9. The quantitative estimate of drug-likeness (QED) is 0.670. The van der Waals surface area contributed by atoms with Crippen LogP contribution in [0.25, 0.3) is 5.70 Å². The Morgan fingerprint density at radius 2 is 1.44 bits per heavy atom. The maximum atomic E-state index is 12.5. The smallest absolute Gasteiger partial charge is 0.294 e. The number of carbonyl (C=O) groups is 2. The van der Waals surface area contributed by atoms with E-state index in [1.54, 1.807) is 4.90 Å². The highest BCUT2D eigenvalue weighted by atomic mass is 16.2. The molecule has 2 aromatic rings. The van der Waals surface area contributed by atoms with Crippen molar-refractivity contribution in [2.75, 3.05) is 18.4 Å². The summed E-state index contributed by atoms with van der Waals surface area (Å²) in [5.74, 6) is -0.896. The third-order valence-electron chi connectivity index (χ3n) is 4.27. The van der Waals surface area contributed by atoms with Crippen LogP contribution in [0, 0.1) is 0 Å². The minimum atomic E-state index is -0.482. The number of hydrogen-bond donors (Lipinski definition) is 1. The minimum absolute atomic E-state index is 0.414. The molecule has 1 aliphatic heterocycles. The van der Waals surface area contributed by atoms with Crippen molar-refractivity contribution in [1.29, 1.82) is 0 Å². The lowest BCUT2D eigenvalue weighted by molar-refractivity contribution is -0.142. The molecule has 2 aromatic carbocycles. The average Bonchev–Trinajstić information content (AvgIpc) is 2.69. The molecular formula is C21H22N2O2. The molecule has 0 radical (unpaired) electrons. The molecule has 1 aliphatic rings. The van der Waals surface area contributed by atoms with Crippen LogP contribution in [0.2, 0.25) is 0 Å². The van der Waals surface area contributed by atoms with Gasteiger partial charge >= 0.3 is 0 Å². The van der Waals surface area contributed by atoms with Gasteiger partial charge < -0.3 is 10.2 Å². The number of hydrogen-bond acceptors (Lipinski definition) is 3. The lowest BCUT2D eigenvalue weighted by Crippen LogP contribution is -2.39. The number of amides is 1. The molecule has 1 heterocycles. The van der Waals surface area contributed by atoms with E-state index >= 15 is 0 Å². The first-order valence-electron chi connectivity index (χ1n) is 8.66. The summed E-state index contributed by atoms with van der Waals surface area (Å²) in [5.41, 5.74) is 2.36. The fourth-order valence-electron chi connectivity index (χ4n) is 2.93. The van der Waals surface area contributed by atoms with Crippen molar-refractivity contribution in [2.24, 2.45) is 0 Å². The first-order chi connectivity index (χ1) is 12.2. The Labute approximate surface area is 148 Å². The van der Waals surface area contributed by atoms with Crippen LogP contribution in [0.15, 0.2) is 66.7 Å². The predicted octanol–water partition coefficient (Wildman–Crippen LogP) is 3.72. The summed E-state index contributed by atoms with van der Waals surface area (Å²) in [6.07, 6.45) is 4.48. The van der Waals surface area contributed by atoms with Crippen LogP contribution in [0.1, 0.15) is 24.8 Å². The Hall–Kier alpha value is -2.88. The summed E-state index contributed by atoms with van der Waals surface area (Å²) in [6, 6.07) is 19.2. The van der Waals surface area contributed by atoms with E-state index in [0.717, 1.165) is 30.5 Å². The number of nitrogens with zero attached hydrogens (tertiary/aromatic N) is 1. The molecule has 4 nitrogen and oxygen atoms in total. The van der Waals surface area contributed by atoms with Crippen LogP contribution in [0.5, 0.6) is 0 Å². The zero-order valence-electron chi connectivity index (χ0n) is 14.2. The van der Waals surface area contributed by atoms with Crippen molar-refractivity contribution < 1.29 is 9.59 Å². The van der Waals surface area contributed by atoms with Crippen molar-refractivity contribution in [3.8, 4) is 0 Å². The molecule has 0 atom stereocenters. The van der Waals surface area contributed by atoms with Gasteiger partial charge in [-0.2, -0.15) is 0 Å². The zero-order chi connectivity index (χ0) is 17.5. The Morgan fingerprint density at radius 3 is 2.08 bits per heavy atom. The van der Waals surface area contributed by atoms with Crippen molar-refractivity contribution in [2.45, 2.75) is 19.3 Å². The topological polar surface area (TPSA) is 49.4 Å². The second-order valence-electron chi connectivity index (χ2n) is 6.13. The highest BCUT2D eigenvalue weighted by Gasteiger charge is 2.22. The van der Waals surface area contributed by atoms with Crippen molar-refractivity contribution in [3.63, 3.8) is 0 Å². The molecule has 0 saturated carbocycles. The maximum absolute atomic E-state index is 12.5. The molecule has 0 spiro atoms. The molecule has 1 fully saturated rings. The molecule has 1 saturated heterocycles. The number of para-hydroxylation sites is 1. The Bertz CT molecular complexity index is 748. The van der Waals surface area contributed by atoms with Crippen LogP contribution < -0.4 is 5.32 Å². The van der Waals surface area contributed by atoms with E-state index in [4.69, 9.17) is 0 Å². The van der Waals surface area contributed by atoms with E-state index in [2.05, 4.69) is 5.32 Å². The summed E-state index contributed by atoms with van der Waals surface area (Å²) in [7, 11) is 0. The van der Waals surface area contributed by atoms with Gasteiger partial charge in [0.1, 0.15) is 0 Å². The van der Waals surface area contributed by atoms with Gasteiger partial charge in [-0.3, -0.25) is 9.59 Å². The van der Waals surface area contributed by atoms with E-state index in [1.807, 2.05) is 60.7 Å². The van der Waals surface area contributed by atoms with Gasteiger partial charge in [0, 0.05) is 30.5 Å². The molecule has 0 unspecified atom stereocenters. The lowest BCUT2D eigenvalue weighted by Gasteiger charge is -2.25. The largest absolute Gasteiger partial charge is 0.355 e. The summed E-state index contributed by atoms with van der Waals surface area (Å²) in [6.45, 7) is 1.34. The van der Waals surface area contributed by atoms with E-state index < -0.39 is 11.7 Å². The summed E-state index contributed by atoms with van der Waals surface area (Å²) in [5, 5.41) is 3.25. The number of ketones is 1. The number of nitrogens with one attached hydrogen (secondary N) is 1. The number of carbonyl (C=O) groups excluding carboxylic acids is 2. The number of likely N-dealkylation sites (tertiary alicyclic amines) is 1. The standard InChI is InChI=1S/C21H22N2O2/c24-20(21(25)23-14-8-3-9-15-23)16-19(17-10-4-1-5-11-17)22-18-12-6-2-7-13-18/h1-2,4-7,10-13,16,22H,3,8-9,14-15H2/b19-16-. The first-order valence-corrected chi connectivity index (χ1v) is 8.66. The lowest BCUT2D eigenvalue weighted by atomic mass is 10.1. The van der Waals surface area contributed by atoms with Crippen LogP contribution in [0.3, 0.4) is 0 Å². The molecule has 0 aliphatic carbocycles. The van der Waals surface area contributed by atoms with Crippen molar-refractivity contribution in [1.82, 2.24) is 4.90 Å². The SMILES string of the molecule is O=C(/C=C(\Nc1ccccc1)c1ccccc1)C(=O)N1CCCCC1. The number of anilines is 1. The first kappa shape index (κ1) is 17.0. The second kappa shape index (κ2) is 8.29. The van der Waals surface area contributed by atoms with Gasteiger partial charge in [-0.15, -0.1) is 0 Å². The van der Waals surface area contributed by atoms with Crippen LogP contribution >= 0.6 is 0 Å². The van der Waals surface area contributed by atoms with Crippen molar-refractivity contribution in [3.05, 3.63) is 72.3 Å². The van der Waals surface area contributed by atoms with Crippen molar-refractivity contribution >= 4 is 23.1 Å². The Kier molecular flexibility index (Phi) is 5.62. The molecule has 3 rings (SSSR count). The van der Waals surface area contributed by atoms with E-state index in [1.165, 1.54) is 6.08 Å². The fraction of sp³-hybridized carbons (Fsp3) is 0.238. The minimum Gasteiger partial charge on any atom is -0.355 e. The number of piperidine rings is 1. The fourth-order valence-corrected chi connectivity index (χ4v) is 2.93. The zero-order valence-corrected chi connectivity index (χ0v) is 14.2. The Morgan fingerprint density at radius 1 is 0.840 bits per heavy atom. The summed E-state index contributed by atoms with van der Waals surface area (Å²) in [4.78, 5) is 26.6. The molecule has 0 aromatic heterocycles. The molecule has 0 bridgehead atoms. The molecule has 25 heavy (non-hydrogen) atoms. The van der Waals surface area contributed by atoms with Gasteiger partial charge in [-0.05, 0) is 37.0 Å². The van der Waals surface area contributed by atoms with Gasteiger partial charge in [0.25, 0.3) is 5.91 Å². The highest BCUT2D eigenvalue weighted by Crippen LogP contribution is 2.19. The van der Waals surface area contributed by atoms with Crippen LogP contribution in [0.4, 0.5) is 5.69 Å². The molecule has 1 N–H and O–H groups in total. The van der Waals surface area contributed by atoms with Gasteiger partial charge in [-0.1, -0.05) is 48.5 Å². The van der Waals surface area contributed by atoms with E-state index in [9.17, 15) is 9.59 Å². The molecule has 128 valence electrons. The van der Waals surface area contributed by atoms with Crippen LogP contribution in [-0.4, -0.2) is 29.7 Å². The molecular weight excluding hydrogens is 312 g/mol. The Balaban J connectivity index is 1.83. The van der Waals surface area contributed by atoms with E-state index in [-0.39, 0.29) is 0 Å². The third-order valence-corrected chi connectivity index (χ3v) is 4.27. The summed E-state index contributed by atoms with van der Waals surface area (Å²) >= 11 is 0. The molecule has 1 amide bonds. The molecule has 4 heteroatoms. The highest BCUT2D eigenvalue weighted by molar-refractivity contribution is 6.41. The van der Waals surface area contributed by atoms with Gasteiger partial charge in [0.2, 0.25) is 5.78 Å². The predicted molar refractivity (Wildman–Crippen MR) is 99.9 cm³/mol. The number of benzene rings is 2. The van der Waals surface area contributed by atoms with Gasteiger partial charge in [-0.25, -0.2) is 0 Å². The third kappa shape index (κ3) is 4.57. The maximum Gasteiger partial charge on any atom is 0.294 e. The number of rotatable bonds is 5. The van der Waals surface area contributed by atoms with E-state index in [0.29, 0.717) is 18.8 Å². The second-order valence-corrected chi connectivity index (χ2v) is 6.13. The average molecular weight is 334 g/mol.